The van der Waals surface area contributed by atoms with Gasteiger partial charge in [0.2, 0.25) is 0 Å². The molecule has 0 saturated heterocycles. The highest BCUT2D eigenvalue weighted by Gasteiger charge is 2.32. The molecule has 1 aliphatic rings. The molecule has 31 heavy (non-hydrogen) atoms. The fourth-order valence-corrected chi connectivity index (χ4v) is 3.71. The molecule has 1 N–H and O–H groups in total. The Labute approximate surface area is 183 Å². The van der Waals surface area contributed by atoms with E-state index in [1.807, 2.05) is 13.8 Å². The number of hydrogen-bond acceptors (Lipinski definition) is 6. The first-order valence-electron chi connectivity index (χ1n) is 9.60. The Morgan fingerprint density at radius 2 is 1.90 bits per heavy atom. The molecule has 0 fully saturated rings. The number of thioether (sulfide) groups is 1. The quantitative estimate of drug-likeness (QED) is 0.584. The summed E-state index contributed by atoms with van der Waals surface area (Å²) in [4.78, 5) is 19.1. The van der Waals surface area contributed by atoms with Crippen LogP contribution in [0.1, 0.15) is 26.3 Å². The van der Waals surface area contributed by atoms with Gasteiger partial charge in [0.25, 0.3) is 5.91 Å². The van der Waals surface area contributed by atoms with E-state index < -0.39 is 6.61 Å². The van der Waals surface area contributed by atoms with Gasteiger partial charge in [0, 0.05) is 5.25 Å². The monoisotopic (exact) mass is 448 g/mol. The highest BCUT2D eigenvalue weighted by molar-refractivity contribution is 8.14. The number of benzene rings is 2. The molecule has 1 heterocycles. The minimum atomic E-state index is -2.92. The molecule has 0 radical (unpaired) electrons. The average Bonchev–Trinajstić information content (AvgIpc) is 2.99. The number of phenols is 1. The second-order valence-electron chi connectivity index (χ2n) is 6.76. The third-order valence-electron chi connectivity index (χ3n) is 4.08. The number of aromatic hydroxyl groups is 1. The molecular weight excluding hydrogens is 426 g/mol. The molecule has 3 rings (SSSR count). The Morgan fingerprint density at radius 1 is 1.19 bits per heavy atom. The van der Waals surface area contributed by atoms with Gasteiger partial charge in [0.05, 0.1) is 12.3 Å². The molecule has 0 bridgehead atoms. The summed E-state index contributed by atoms with van der Waals surface area (Å²) in [7, 11) is 0. The number of amides is 1. The molecule has 0 aromatic heterocycles. The van der Waals surface area contributed by atoms with Crippen molar-refractivity contribution in [3.63, 3.8) is 0 Å². The molecule has 1 aliphatic heterocycles. The summed E-state index contributed by atoms with van der Waals surface area (Å²) in [6.07, 6.45) is 1.61. The Kier molecular flexibility index (Phi) is 7.17. The normalized spacial score (nSPS) is 15.2. The Bertz CT molecular complexity index is 1010. The van der Waals surface area contributed by atoms with Crippen molar-refractivity contribution in [2.24, 2.45) is 4.99 Å². The van der Waals surface area contributed by atoms with Gasteiger partial charge in [0.1, 0.15) is 11.4 Å². The fourth-order valence-electron chi connectivity index (χ4n) is 2.84. The highest BCUT2D eigenvalue weighted by atomic mass is 32.2. The van der Waals surface area contributed by atoms with Crippen LogP contribution in [0.2, 0.25) is 0 Å². The van der Waals surface area contributed by atoms with E-state index in [4.69, 9.17) is 4.74 Å². The maximum Gasteiger partial charge on any atom is 0.387 e. The Morgan fingerprint density at radius 3 is 2.52 bits per heavy atom. The van der Waals surface area contributed by atoms with Crippen LogP contribution in [0.4, 0.5) is 14.5 Å². The molecule has 9 heteroatoms. The number of anilines is 1. The molecule has 1 amide bonds. The molecule has 0 aliphatic carbocycles. The predicted octanol–water partition coefficient (Wildman–Crippen LogP) is 5.28. The second kappa shape index (κ2) is 9.82. The number of aliphatic imine (C=N–C) groups is 1. The summed E-state index contributed by atoms with van der Waals surface area (Å²) in [5.74, 6) is -0.0241. The van der Waals surface area contributed by atoms with Crippen LogP contribution in [-0.2, 0) is 4.79 Å². The van der Waals surface area contributed by atoms with Crippen LogP contribution in [0.3, 0.4) is 0 Å². The first kappa shape index (κ1) is 22.6. The number of nitrogens with zero attached hydrogens (tertiary/aromatic N) is 2. The number of hydrogen-bond donors (Lipinski definition) is 1. The SMILES string of the molecule is CCOc1cc(/C=C2\N=C(SC(C)C)N(c3ccc(OC(F)F)cc3)C2=O)ccc1O. The number of alkyl halides is 2. The summed E-state index contributed by atoms with van der Waals surface area (Å²) < 4.78 is 34.6. The third-order valence-corrected chi connectivity index (χ3v) is 5.03. The lowest BCUT2D eigenvalue weighted by Gasteiger charge is -2.19. The average molecular weight is 448 g/mol. The highest BCUT2D eigenvalue weighted by Crippen LogP contribution is 2.33. The predicted molar refractivity (Wildman–Crippen MR) is 118 cm³/mol. The van der Waals surface area contributed by atoms with E-state index in [-0.39, 0.29) is 28.4 Å². The van der Waals surface area contributed by atoms with E-state index in [1.54, 1.807) is 25.1 Å². The van der Waals surface area contributed by atoms with Crippen molar-refractivity contribution in [3.05, 3.63) is 53.7 Å². The molecule has 6 nitrogen and oxygen atoms in total. The lowest BCUT2D eigenvalue weighted by Crippen LogP contribution is -2.30. The molecular formula is C22H22F2N2O4S. The number of carbonyl (C=O) groups is 1. The molecule has 2 aromatic rings. The minimum Gasteiger partial charge on any atom is -0.504 e. The largest absolute Gasteiger partial charge is 0.504 e. The Balaban J connectivity index is 1.94. The summed E-state index contributed by atoms with van der Waals surface area (Å²) in [6.45, 7) is 3.23. The molecule has 0 atom stereocenters. The van der Waals surface area contributed by atoms with Crippen LogP contribution < -0.4 is 14.4 Å². The fraction of sp³-hybridized carbons (Fsp3) is 0.273. The van der Waals surface area contributed by atoms with E-state index in [0.717, 1.165) is 0 Å². The van der Waals surface area contributed by atoms with Crippen LogP contribution in [0.25, 0.3) is 6.08 Å². The number of amidine groups is 1. The second-order valence-corrected chi connectivity index (χ2v) is 8.31. The lowest BCUT2D eigenvalue weighted by molar-refractivity contribution is -0.113. The van der Waals surface area contributed by atoms with E-state index in [1.165, 1.54) is 47.0 Å². The van der Waals surface area contributed by atoms with E-state index in [9.17, 15) is 18.7 Å². The van der Waals surface area contributed by atoms with Gasteiger partial charge in [-0.05, 0) is 55.0 Å². The zero-order valence-electron chi connectivity index (χ0n) is 17.2. The van der Waals surface area contributed by atoms with Crippen molar-refractivity contribution in [1.82, 2.24) is 0 Å². The maximum atomic E-state index is 13.1. The van der Waals surface area contributed by atoms with E-state index >= 15 is 0 Å². The van der Waals surface area contributed by atoms with Crippen molar-refractivity contribution >= 4 is 34.6 Å². The number of rotatable bonds is 7. The van der Waals surface area contributed by atoms with Crippen molar-refractivity contribution in [3.8, 4) is 17.2 Å². The van der Waals surface area contributed by atoms with Crippen LogP contribution in [0, 0.1) is 0 Å². The van der Waals surface area contributed by atoms with Gasteiger partial charge in [-0.1, -0.05) is 31.7 Å². The van der Waals surface area contributed by atoms with Crippen LogP contribution in [-0.4, -0.2) is 34.6 Å². The van der Waals surface area contributed by atoms with Gasteiger partial charge in [-0.25, -0.2) is 4.99 Å². The molecule has 0 unspecified atom stereocenters. The van der Waals surface area contributed by atoms with Crippen LogP contribution in [0.15, 0.2) is 53.2 Å². The van der Waals surface area contributed by atoms with Gasteiger partial charge in [-0.3, -0.25) is 9.69 Å². The van der Waals surface area contributed by atoms with E-state index in [2.05, 4.69) is 9.73 Å². The van der Waals surface area contributed by atoms with Crippen molar-refractivity contribution in [1.29, 1.82) is 0 Å². The zero-order chi connectivity index (χ0) is 22.5. The number of halogens is 2. The summed E-state index contributed by atoms with van der Waals surface area (Å²) in [6, 6.07) is 10.6. The minimum absolute atomic E-state index is 0.00343. The van der Waals surface area contributed by atoms with Gasteiger partial charge in [-0.15, -0.1) is 0 Å². The van der Waals surface area contributed by atoms with Gasteiger partial charge in [0.15, 0.2) is 16.7 Å². The molecule has 2 aromatic carbocycles. The first-order chi connectivity index (χ1) is 14.8. The van der Waals surface area contributed by atoms with E-state index in [0.29, 0.717) is 28.8 Å². The van der Waals surface area contributed by atoms with Gasteiger partial charge < -0.3 is 14.6 Å². The van der Waals surface area contributed by atoms with Crippen molar-refractivity contribution < 1.29 is 28.2 Å². The number of phenolic OH excluding ortho intramolecular Hbond substituents is 1. The zero-order valence-corrected chi connectivity index (χ0v) is 18.0. The van der Waals surface area contributed by atoms with Crippen LogP contribution >= 0.6 is 11.8 Å². The molecule has 0 saturated carbocycles. The first-order valence-corrected chi connectivity index (χ1v) is 10.5. The van der Waals surface area contributed by atoms with Gasteiger partial charge >= 0.3 is 6.61 Å². The Hall–Kier alpha value is -3.07. The van der Waals surface area contributed by atoms with Crippen molar-refractivity contribution in [2.75, 3.05) is 11.5 Å². The smallest absolute Gasteiger partial charge is 0.387 e. The molecule has 164 valence electrons. The standard InChI is InChI=1S/C22H22F2N2O4S/c1-4-29-19-12-14(5-10-18(19)27)11-17-20(28)26(22(25-17)31-13(2)3)15-6-8-16(9-7-15)30-21(23)24/h5-13,21,27H,4H2,1-3H3/b17-11-. The lowest BCUT2D eigenvalue weighted by atomic mass is 10.1. The van der Waals surface area contributed by atoms with Crippen molar-refractivity contribution in [2.45, 2.75) is 32.6 Å². The topological polar surface area (TPSA) is 71.4 Å². The molecule has 0 spiro atoms. The third kappa shape index (κ3) is 5.55. The summed E-state index contributed by atoms with van der Waals surface area (Å²) >= 11 is 1.41. The van der Waals surface area contributed by atoms with Gasteiger partial charge in [-0.2, -0.15) is 8.78 Å². The van der Waals surface area contributed by atoms with Crippen LogP contribution in [0.5, 0.6) is 17.2 Å². The maximum absolute atomic E-state index is 13.1. The summed E-state index contributed by atoms with van der Waals surface area (Å²) in [5.41, 5.74) is 1.34. The summed E-state index contributed by atoms with van der Waals surface area (Å²) in [5, 5.41) is 10.5. The number of ether oxygens (including phenoxy) is 2. The number of carbonyl (C=O) groups excluding carboxylic acids is 1.